The number of thioether (sulfide) groups is 1. The number of halogens is 3. The zero-order valence-corrected chi connectivity index (χ0v) is 18.3. The van der Waals surface area contributed by atoms with Gasteiger partial charge in [-0.3, -0.25) is 14.5 Å². The standard InChI is InChI=1S/C18H13F3N6O5S2/c19-18(20,21)7-2-1-3-8(6-7)32-25-10(12-24-17(22)34-26-12)13(28)23-11-14(29)27-9(16(30)31)4-5-33-15(11)27/h1-4,6,11,15H,5H2,(H,23,28)(H,30,31)(H2,22,24,26)/b25-10+. The van der Waals surface area contributed by atoms with Crippen molar-refractivity contribution in [1.82, 2.24) is 19.6 Å². The molecule has 34 heavy (non-hydrogen) atoms. The van der Waals surface area contributed by atoms with Gasteiger partial charge in [0.2, 0.25) is 11.5 Å². The molecule has 4 N–H and O–H groups in total. The van der Waals surface area contributed by atoms with Gasteiger partial charge in [0.15, 0.2) is 10.9 Å². The molecule has 0 saturated carbocycles. The lowest BCUT2D eigenvalue weighted by Gasteiger charge is -2.48. The number of fused-ring (bicyclic) bond motifs is 1. The molecule has 1 saturated heterocycles. The number of aromatic nitrogens is 2. The van der Waals surface area contributed by atoms with Crippen LogP contribution in [0.15, 0.2) is 41.2 Å². The third-order valence-electron chi connectivity index (χ3n) is 4.62. The number of β-lactam (4-membered cyclic amide) rings is 1. The Morgan fingerprint density at radius 3 is 2.76 bits per heavy atom. The monoisotopic (exact) mass is 514 g/mol. The Kier molecular flexibility index (Phi) is 6.18. The lowest BCUT2D eigenvalue weighted by molar-refractivity contribution is -0.150. The topological polar surface area (TPSA) is 160 Å². The van der Waals surface area contributed by atoms with Crippen molar-refractivity contribution >= 4 is 51.9 Å². The fraction of sp³-hybridized carbons (Fsp3) is 0.222. The molecule has 2 unspecified atom stereocenters. The second-order valence-corrected chi connectivity index (χ2v) is 8.72. The number of nitrogens with zero attached hydrogens (tertiary/aromatic N) is 4. The molecule has 0 radical (unpaired) electrons. The summed E-state index contributed by atoms with van der Waals surface area (Å²) in [6.45, 7) is 0. The lowest BCUT2D eigenvalue weighted by Crippen LogP contribution is -2.70. The molecule has 1 aromatic heterocycles. The molecule has 178 valence electrons. The molecule has 0 spiro atoms. The number of anilines is 1. The van der Waals surface area contributed by atoms with Crippen LogP contribution in [0.3, 0.4) is 0 Å². The highest BCUT2D eigenvalue weighted by atomic mass is 32.2. The largest absolute Gasteiger partial charge is 0.477 e. The Labute approximate surface area is 196 Å². The van der Waals surface area contributed by atoms with E-state index in [1.54, 1.807) is 0 Å². The van der Waals surface area contributed by atoms with Gasteiger partial charge in [-0.05, 0) is 24.3 Å². The van der Waals surface area contributed by atoms with Crippen molar-refractivity contribution in [1.29, 1.82) is 0 Å². The first kappa shape index (κ1) is 23.5. The van der Waals surface area contributed by atoms with E-state index in [-0.39, 0.29) is 22.4 Å². The van der Waals surface area contributed by atoms with Gasteiger partial charge in [-0.15, -0.1) is 11.8 Å². The van der Waals surface area contributed by atoms with E-state index in [9.17, 15) is 32.7 Å². The molecule has 3 heterocycles. The van der Waals surface area contributed by atoms with Crippen LogP contribution in [0.25, 0.3) is 0 Å². The van der Waals surface area contributed by atoms with E-state index in [1.165, 1.54) is 23.9 Å². The van der Waals surface area contributed by atoms with Crippen LogP contribution in [0.2, 0.25) is 0 Å². The van der Waals surface area contributed by atoms with Crippen molar-refractivity contribution < 1.29 is 37.5 Å². The van der Waals surface area contributed by atoms with E-state index < -0.39 is 46.7 Å². The maximum absolute atomic E-state index is 12.9. The zero-order valence-electron chi connectivity index (χ0n) is 16.6. The molecule has 1 fully saturated rings. The molecule has 2 aromatic rings. The van der Waals surface area contributed by atoms with Gasteiger partial charge >= 0.3 is 12.1 Å². The van der Waals surface area contributed by atoms with Crippen molar-refractivity contribution in [3.8, 4) is 5.75 Å². The Bertz CT molecular complexity index is 1230. The first-order valence-corrected chi connectivity index (χ1v) is 11.1. The summed E-state index contributed by atoms with van der Waals surface area (Å²) < 4.78 is 42.7. The number of hydrogen-bond donors (Lipinski definition) is 3. The molecule has 2 atom stereocenters. The molecule has 4 rings (SSSR count). The van der Waals surface area contributed by atoms with Crippen LogP contribution in [-0.4, -0.2) is 60.0 Å². The average molecular weight is 514 g/mol. The number of alkyl halides is 3. The molecule has 16 heteroatoms. The second kappa shape index (κ2) is 8.94. The number of benzene rings is 1. The van der Waals surface area contributed by atoms with E-state index in [2.05, 4.69) is 19.8 Å². The van der Waals surface area contributed by atoms with Crippen LogP contribution < -0.4 is 15.9 Å². The molecule has 1 aromatic carbocycles. The molecule has 2 aliphatic heterocycles. The highest BCUT2D eigenvalue weighted by Crippen LogP contribution is 2.37. The van der Waals surface area contributed by atoms with E-state index in [4.69, 9.17) is 10.6 Å². The number of amides is 2. The predicted molar refractivity (Wildman–Crippen MR) is 114 cm³/mol. The summed E-state index contributed by atoms with van der Waals surface area (Å²) in [4.78, 5) is 46.6. The maximum atomic E-state index is 12.9. The number of carboxylic acid groups (broad SMARTS) is 1. The number of nitrogen functional groups attached to an aromatic ring is 1. The van der Waals surface area contributed by atoms with Crippen molar-refractivity contribution in [3.63, 3.8) is 0 Å². The summed E-state index contributed by atoms with van der Waals surface area (Å²) in [7, 11) is 0. The fourth-order valence-electron chi connectivity index (χ4n) is 3.09. The van der Waals surface area contributed by atoms with E-state index in [0.717, 1.165) is 28.6 Å². The van der Waals surface area contributed by atoms with Gasteiger partial charge in [0.25, 0.3) is 11.8 Å². The minimum atomic E-state index is -4.62. The number of nitrogens with one attached hydrogen (secondary N) is 1. The first-order valence-electron chi connectivity index (χ1n) is 9.27. The normalized spacial score (nSPS) is 20.2. The van der Waals surface area contributed by atoms with Crippen LogP contribution in [0.1, 0.15) is 11.4 Å². The summed E-state index contributed by atoms with van der Waals surface area (Å²) >= 11 is 1.98. The molecule has 2 aliphatic rings. The number of oxime groups is 1. The number of rotatable bonds is 6. The highest BCUT2D eigenvalue weighted by molar-refractivity contribution is 8.00. The predicted octanol–water partition coefficient (Wildman–Crippen LogP) is 1.29. The quantitative estimate of drug-likeness (QED) is 0.293. The van der Waals surface area contributed by atoms with Crippen molar-refractivity contribution in [2.75, 3.05) is 11.5 Å². The number of carbonyl (C=O) groups is 3. The van der Waals surface area contributed by atoms with Crippen molar-refractivity contribution in [2.24, 2.45) is 5.16 Å². The number of carbonyl (C=O) groups excluding carboxylic acids is 2. The second-order valence-electron chi connectivity index (χ2n) is 6.79. The molecular weight excluding hydrogens is 501 g/mol. The van der Waals surface area contributed by atoms with Gasteiger partial charge in [-0.25, -0.2) is 4.79 Å². The van der Waals surface area contributed by atoms with Crippen LogP contribution in [0, 0.1) is 0 Å². The van der Waals surface area contributed by atoms with Crippen molar-refractivity contribution in [2.45, 2.75) is 17.6 Å². The Balaban J connectivity index is 1.56. The van der Waals surface area contributed by atoms with Gasteiger partial charge in [0.05, 0.1) is 5.56 Å². The molecule has 11 nitrogen and oxygen atoms in total. The van der Waals surface area contributed by atoms with E-state index in [1.807, 2.05) is 0 Å². The maximum Gasteiger partial charge on any atom is 0.416 e. The number of hydrogen-bond acceptors (Lipinski definition) is 10. The third kappa shape index (κ3) is 4.54. The number of nitrogens with two attached hydrogens (primary N) is 1. The lowest BCUT2D eigenvalue weighted by atomic mass is 10.0. The number of carboxylic acids is 1. The average Bonchev–Trinajstić information content (AvgIpc) is 3.22. The third-order valence-corrected chi connectivity index (χ3v) is 6.35. The smallest absolute Gasteiger partial charge is 0.416 e. The summed E-state index contributed by atoms with van der Waals surface area (Å²) in [6.07, 6.45) is -3.23. The van der Waals surface area contributed by atoms with Crippen molar-refractivity contribution in [3.05, 3.63) is 47.4 Å². The minimum absolute atomic E-state index is 0.0143. The van der Waals surface area contributed by atoms with Gasteiger partial charge < -0.3 is 21.0 Å². The van der Waals surface area contributed by atoms with E-state index >= 15 is 0 Å². The Hall–Kier alpha value is -3.66. The molecular formula is C18H13F3N6O5S2. The SMILES string of the molecule is Nc1nc(/C(=N\Oc2cccc(C(F)(F)F)c2)C(=O)NC2C(=O)N3C(C(=O)O)=CCSC23)ns1. The fourth-order valence-corrected chi connectivity index (χ4v) is 4.72. The molecule has 0 bridgehead atoms. The first-order chi connectivity index (χ1) is 16.1. The Morgan fingerprint density at radius 1 is 1.35 bits per heavy atom. The molecule has 2 amide bonds. The van der Waals surface area contributed by atoms with Crippen LogP contribution in [-0.2, 0) is 20.6 Å². The summed E-state index contributed by atoms with van der Waals surface area (Å²) in [5.41, 5.74) is 3.84. The zero-order chi connectivity index (χ0) is 24.6. The van der Waals surface area contributed by atoms with Crippen LogP contribution in [0.4, 0.5) is 18.3 Å². The summed E-state index contributed by atoms with van der Waals surface area (Å²) in [5.74, 6) is -3.15. The van der Waals surface area contributed by atoms with Crippen LogP contribution in [0.5, 0.6) is 5.75 Å². The highest BCUT2D eigenvalue weighted by Gasteiger charge is 2.53. The van der Waals surface area contributed by atoms with Gasteiger partial charge in [-0.1, -0.05) is 11.2 Å². The van der Waals surface area contributed by atoms with Gasteiger partial charge in [0.1, 0.15) is 17.1 Å². The van der Waals surface area contributed by atoms with E-state index in [0.29, 0.717) is 11.8 Å². The summed E-state index contributed by atoms with van der Waals surface area (Å²) in [5, 5.41) is 14.6. The minimum Gasteiger partial charge on any atom is -0.477 e. The molecule has 0 aliphatic carbocycles. The van der Waals surface area contributed by atoms with Gasteiger partial charge in [0, 0.05) is 17.3 Å². The number of aliphatic carboxylic acids is 1. The Morgan fingerprint density at radius 2 is 2.12 bits per heavy atom. The van der Waals surface area contributed by atoms with Gasteiger partial charge in [-0.2, -0.15) is 22.5 Å². The van der Waals surface area contributed by atoms with Crippen LogP contribution >= 0.6 is 23.3 Å². The summed E-state index contributed by atoms with van der Waals surface area (Å²) in [6, 6.07) is 2.75.